The van der Waals surface area contributed by atoms with Crippen molar-refractivity contribution in [3.05, 3.63) is 29.3 Å². The van der Waals surface area contributed by atoms with Crippen molar-refractivity contribution in [1.29, 1.82) is 0 Å². The van der Waals surface area contributed by atoms with Crippen LogP contribution in [0.3, 0.4) is 0 Å². The van der Waals surface area contributed by atoms with E-state index in [2.05, 4.69) is 26.1 Å². The molecule has 2 rings (SSSR count). The van der Waals surface area contributed by atoms with E-state index in [1.807, 2.05) is 24.3 Å². The molecule has 0 heterocycles. The Labute approximate surface area is 121 Å². The minimum absolute atomic E-state index is 0.273. The number of hydrogen-bond acceptors (Lipinski definition) is 2. The summed E-state index contributed by atoms with van der Waals surface area (Å²) in [4.78, 5) is 0. The number of hydrogen-bond donors (Lipinski definition) is 1. The normalized spacial score (nSPS) is 24.8. The van der Waals surface area contributed by atoms with Gasteiger partial charge in [0.15, 0.2) is 0 Å². The van der Waals surface area contributed by atoms with Gasteiger partial charge in [0.25, 0.3) is 0 Å². The first-order valence-corrected chi connectivity index (χ1v) is 7.69. The minimum Gasteiger partial charge on any atom is -0.490 e. The summed E-state index contributed by atoms with van der Waals surface area (Å²) in [6.07, 6.45) is 3.71. The third-order valence-corrected chi connectivity index (χ3v) is 4.90. The van der Waals surface area contributed by atoms with E-state index < -0.39 is 0 Å². The van der Waals surface area contributed by atoms with Gasteiger partial charge in [0.2, 0.25) is 0 Å². The Kier molecular flexibility index (Phi) is 4.75. The molecule has 0 saturated heterocycles. The average molecular weight is 282 g/mol. The molecule has 0 spiro atoms. The molecular formula is C16H24ClNO. The Morgan fingerprint density at radius 3 is 2.37 bits per heavy atom. The molecule has 1 aliphatic carbocycles. The van der Waals surface area contributed by atoms with Crippen molar-refractivity contribution >= 4 is 11.6 Å². The number of benzene rings is 1. The minimum atomic E-state index is 0.273. The molecule has 1 aromatic rings. The van der Waals surface area contributed by atoms with E-state index in [9.17, 15) is 0 Å². The lowest BCUT2D eigenvalue weighted by molar-refractivity contribution is -0.0854. The van der Waals surface area contributed by atoms with Gasteiger partial charge >= 0.3 is 0 Å². The number of halogens is 1. The molecule has 1 fully saturated rings. The topological polar surface area (TPSA) is 21.3 Å². The standard InChI is InChI=1S/C16H24ClNO/c1-4-16(5-2)14(18-6-3)11-15(16)19-13-9-7-12(17)8-10-13/h7-10,14-15,18H,4-6,11H2,1-3H3. The Balaban J connectivity index is 2.06. The van der Waals surface area contributed by atoms with Crippen molar-refractivity contribution in [1.82, 2.24) is 5.32 Å². The molecular weight excluding hydrogens is 258 g/mol. The SMILES string of the molecule is CCNC1CC(Oc2ccc(Cl)cc2)C1(CC)CC. The monoisotopic (exact) mass is 281 g/mol. The zero-order chi connectivity index (χ0) is 13.9. The average Bonchev–Trinajstić information content (AvgIpc) is 2.41. The van der Waals surface area contributed by atoms with E-state index >= 15 is 0 Å². The lowest BCUT2D eigenvalue weighted by Gasteiger charge is -2.55. The fourth-order valence-electron chi connectivity index (χ4n) is 3.32. The van der Waals surface area contributed by atoms with E-state index in [4.69, 9.17) is 16.3 Å². The van der Waals surface area contributed by atoms with Gasteiger partial charge < -0.3 is 10.1 Å². The van der Waals surface area contributed by atoms with Crippen molar-refractivity contribution in [2.45, 2.75) is 52.2 Å². The highest BCUT2D eigenvalue weighted by Crippen LogP contribution is 2.48. The highest BCUT2D eigenvalue weighted by molar-refractivity contribution is 6.30. The van der Waals surface area contributed by atoms with Gasteiger partial charge in [-0.05, 0) is 43.7 Å². The maximum atomic E-state index is 6.18. The first-order chi connectivity index (χ1) is 9.16. The van der Waals surface area contributed by atoms with Crippen LogP contribution in [-0.4, -0.2) is 18.7 Å². The van der Waals surface area contributed by atoms with Crippen LogP contribution in [0, 0.1) is 5.41 Å². The van der Waals surface area contributed by atoms with Gasteiger partial charge in [-0.1, -0.05) is 32.4 Å². The molecule has 3 heteroatoms. The smallest absolute Gasteiger partial charge is 0.119 e. The van der Waals surface area contributed by atoms with Gasteiger partial charge in [-0.15, -0.1) is 0 Å². The van der Waals surface area contributed by atoms with Crippen LogP contribution < -0.4 is 10.1 Å². The van der Waals surface area contributed by atoms with E-state index in [0.717, 1.165) is 36.6 Å². The second-order valence-electron chi connectivity index (χ2n) is 5.35. The molecule has 1 saturated carbocycles. The van der Waals surface area contributed by atoms with Gasteiger partial charge in [0.1, 0.15) is 11.9 Å². The van der Waals surface area contributed by atoms with E-state index in [1.165, 1.54) is 0 Å². The van der Waals surface area contributed by atoms with Crippen LogP contribution in [0.5, 0.6) is 5.75 Å². The number of ether oxygens (including phenoxy) is 1. The van der Waals surface area contributed by atoms with Crippen molar-refractivity contribution in [2.75, 3.05) is 6.54 Å². The maximum Gasteiger partial charge on any atom is 0.119 e. The van der Waals surface area contributed by atoms with E-state index in [-0.39, 0.29) is 5.41 Å². The largest absolute Gasteiger partial charge is 0.490 e. The van der Waals surface area contributed by atoms with Crippen LogP contribution in [0.4, 0.5) is 0 Å². The molecule has 0 aromatic heterocycles. The number of nitrogens with one attached hydrogen (secondary N) is 1. The highest BCUT2D eigenvalue weighted by atomic mass is 35.5. The molecule has 106 valence electrons. The van der Waals surface area contributed by atoms with Gasteiger partial charge in [-0.25, -0.2) is 0 Å². The maximum absolute atomic E-state index is 6.18. The summed E-state index contributed by atoms with van der Waals surface area (Å²) in [6.45, 7) is 7.74. The molecule has 2 nitrogen and oxygen atoms in total. The highest BCUT2D eigenvalue weighted by Gasteiger charge is 2.53. The Hall–Kier alpha value is -0.730. The summed E-state index contributed by atoms with van der Waals surface area (Å²) in [5.74, 6) is 0.927. The van der Waals surface area contributed by atoms with Crippen LogP contribution in [0.25, 0.3) is 0 Å². The zero-order valence-corrected chi connectivity index (χ0v) is 12.8. The van der Waals surface area contributed by atoms with E-state index in [0.29, 0.717) is 12.1 Å². The quantitative estimate of drug-likeness (QED) is 0.840. The van der Waals surface area contributed by atoms with E-state index in [1.54, 1.807) is 0 Å². The lowest BCUT2D eigenvalue weighted by Crippen LogP contribution is -2.64. The Morgan fingerprint density at radius 2 is 1.84 bits per heavy atom. The lowest BCUT2D eigenvalue weighted by atomic mass is 9.58. The molecule has 0 bridgehead atoms. The summed E-state index contributed by atoms with van der Waals surface area (Å²) >= 11 is 5.91. The number of rotatable bonds is 6. The predicted molar refractivity (Wildman–Crippen MR) is 81.0 cm³/mol. The summed E-state index contributed by atoms with van der Waals surface area (Å²) in [6, 6.07) is 8.27. The van der Waals surface area contributed by atoms with Crippen LogP contribution >= 0.6 is 11.6 Å². The van der Waals surface area contributed by atoms with Crippen LogP contribution in [0.2, 0.25) is 5.02 Å². The van der Waals surface area contributed by atoms with Crippen LogP contribution in [-0.2, 0) is 0 Å². The molecule has 0 amide bonds. The summed E-state index contributed by atoms with van der Waals surface area (Å²) in [7, 11) is 0. The molecule has 1 N–H and O–H groups in total. The first kappa shape index (κ1) is 14.7. The fourth-order valence-corrected chi connectivity index (χ4v) is 3.45. The van der Waals surface area contributed by atoms with Gasteiger partial charge in [0.05, 0.1) is 0 Å². The van der Waals surface area contributed by atoms with Gasteiger partial charge in [0, 0.05) is 22.9 Å². The van der Waals surface area contributed by atoms with Crippen LogP contribution in [0.1, 0.15) is 40.0 Å². The molecule has 2 atom stereocenters. The predicted octanol–water partition coefficient (Wildman–Crippen LogP) is 4.28. The fraction of sp³-hybridized carbons (Fsp3) is 0.625. The van der Waals surface area contributed by atoms with Crippen molar-refractivity contribution in [3.63, 3.8) is 0 Å². The van der Waals surface area contributed by atoms with Gasteiger partial charge in [-0.2, -0.15) is 0 Å². The Morgan fingerprint density at radius 1 is 1.21 bits per heavy atom. The van der Waals surface area contributed by atoms with Crippen molar-refractivity contribution in [2.24, 2.45) is 5.41 Å². The molecule has 1 aromatic carbocycles. The van der Waals surface area contributed by atoms with Crippen molar-refractivity contribution in [3.8, 4) is 5.75 Å². The third-order valence-electron chi connectivity index (χ3n) is 4.64. The van der Waals surface area contributed by atoms with Gasteiger partial charge in [-0.3, -0.25) is 0 Å². The first-order valence-electron chi connectivity index (χ1n) is 7.31. The zero-order valence-electron chi connectivity index (χ0n) is 12.1. The molecule has 19 heavy (non-hydrogen) atoms. The second kappa shape index (κ2) is 6.15. The second-order valence-corrected chi connectivity index (χ2v) is 5.78. The molecule has 1 aliphatic rings. The molecule has 0 radical (unpaired) electrons. The molecule has 0 aliphatic heterocycles. The summed E-state index contributed by atoms with van der Waals surface area (Å²) in [5.41, 5.74) is 0.273. The van der Waals surface area contributed by atoms with Crippen molar-refractivity contribution < 1.29 is 4.74 Å². The molecule has 2 unspecified atom stereocenters. The Bertz CT molecular complexity index is 400. The van der Waals surface area contributed by atoms with Crippen LogP contribution in [0.15, 0.2) is 24.3 Å². The third kappa shape index (κ3) is 2.75. The summed E-state index contributed by atoms with van der Waals surface area (Å²) in [5, 5.41) is 4.35. The summed E-state index contributed by atoms with van der Waals surface area (Å²) < 4.78 is 6.18.